The lowest BCUT2D eigenvalue weighted by Gasteiger charge is -2.16. The van der Waals surface area contributed by atoms with Gasteiger partial charge in [-0.15, -0.1) is 0 Å². The van der Waals surface area contributed by atoms with E-state index < -0.39 is 0 Å². The van der Waals surface area contributed by atoms with E-state index in [-0.39, 0.29) is 18.4 Å². The third-order valence-corrected chi connectivity index (χ3v) is 4.54. The number of carbonyl (C=O) groups excluding carboxylic acids is 2. The lowest BCUT2D eigenvalue weighted by atomic mass is 10.2. The van der Waals surface area contributed by atoms with Gasteiger partial charge >= 0.3 is 0 Å². The first-order valence-electron chi connectivity index (χ1n) is 8.55. The number of hydrogen-bond acceptors (Lipinski definition) is 4. The molecule has 0 unspecified atom stereocenters. The Kier molecular flexibility index (Phi) is 7.63. The quantitative estimate of drug-likeness (QED) is 0.655. The number of ether oxygens (including phenoxy) is 2. The maximum absolute atomic E-state index is 12.3. The van der Waals surface area contributed by atoms with E-state index in [4.69, 9.17) is 9.47 Å². The van der Waals surface area contributed by atoms with E-state index in [0.717, 1.165) is 21.3 Å². The lowest BCUT2D eigenvalue weighted by Crippen LogP contribution is -2.34. The molecule has 0 atom stereocenters. The fourth-order valence-electron chi connectivity index (χ4n) is 2.50. The molecule has 7 heteroatoms. The van der Waals surface area contributed by atoms with Gasteiger partial charge in [-0.2, -0.15) is 0 Å². The average molecular weight is 447 g/mol. The summed E-state index contributed by atoms with van der Waals surface area (Å²) < 4.78 is 11.4. The van der Waals surface area contributed by atoms with Crippen LogP contribution in [-0.4, -0.2) is 44.5 Å². The van der Waals surface area contributed by atoms with Crippen molar-refractivity contribution in [1.29, 1.82) is 0 Å². The van der Waals surface area contributed by atoms with Gasteiger partial charge in [0.1, 0.15) is 0 Å². The molecule has 0 aromatic heterocycles. The Balaban J connectivity index is 1.96. The van der Waals surface area contributed by atoms with Gasteiger partial charge in [0.05, 0.1) is 20.8 Å². The molecule has 0 radical (unpaired) electrons. The van der Waals surface area contributed by atoms with Crippen LogP contribution >= 0.6 is 15.9 Å². The van der Waals surface area contributed by atoms with Crippen LogP contribution < -0.4 is 14.8 Å². The summed E-state index contributed by atoms with van der Waals surface area (Å²) in [6.07, 6.45) is 3.08. The number of carbonyl (C=O) groups is 2. The maximum atomic E-state index is 12.3. The molecule has 2 aromatic rings. The fraction of sp³-hybridized carbons (Fsp3) is 0.238. The highest BCUT2D eigenvalue weighted by molar-refractivity contribution is 9.10. The molecule has 6 nitrogen and oxygen atoms in total. The number of benzene rings is 2. The van der Waals surface area contributed by atoms with Gasteiger partial charge in [-0.3, -0.25) is 9.59 Å². The van der Waals surface area contributed by atoms with Crippen molar-refractivity contribution in [2.24, 2.45) is 0 Å². The summed E-state index contributed by atoms with van der Waals surface area (Å²) in [6, 6.07) is 10.9. The number of nitrogens with one attached hydrogen (secondary N) is 1. The monoisotopic (exact) mass is 446 g/mol. The number of methoxy groups -OCH3 is 2. The molecule has 0 aliphatic heterocycles. The van der Waals surface area contributed by atoms with E-state index in [1.54, 1.807) is 39.5 Å². The highest BCUT2D eigenvalue weighted by Gasteiger charge is 2.12. The zero-order valence-electron chi connectivity index (χ0n) is 16.3. The van der Waals surface area contributed by atoms with Crippen LogP contribution in [0.3, 0.4) is 0 Å². The first-order chi connectivity index (χ1) is 13.3. The van der Waals surface area contributed by atoms with Crippen molar-refractivity contribution in [3.05, 3.63) is 58.1 Å². The molecule has 0 bridgehead atoms. The van der Waals surface area contributed by atoms with Gasteiger partial charge in [0, 0.05) is 23.3 Å². The van der Waals surface area contributed by atoms with Crippen LogP contribution in [0.25, 0.3) is 6.08 Å². The average Bonchev–Trinajstić information content (AvgIpc) is 2.67. The third kappa shape index (κ3) is 5.85. The summed E-state index contributed by atoms with van der Waals surface area (Å²) in [5.74, 6) is 0.649. The highest BCUT2D eigenvalue weighted by atomic mass is 79.9. The molecule has 0 saturated carbocycles. The second-order valence-electron chi connectivity index (χ2n) is 6.15. The first-order valence-corrected chi connectivity index (χ1v) is 9.34. The third-order valence-electron chi connectivity index (χ3n) is 4.05. The van der Waals surface area contributed by atoms with Crippen molar-refractivity contribution < 1.29 is 19.1 Å². The number of amides is 2. The normalized spacial score (nSPS) is 10.6. The van der Waals surface area contributed by atoms with Crippen LogP contribution in [0, 0.1) is 6.92 Å². The molecule has 0 aliphatic carbocycles. The molecule has 1 N–H and O–H groups in total. The van der Waals surface area contributed by atoms with Gasteiger partial charge in [-0.25, -0.2) is 0 Å². The molecule has 0 aliphatic rings. The van der Waals surface area contributed by atoms with E-state index in [9.17, 15) is 9.59 Å². The van der Waals surface area contributed by atoms with E-state index in [2.05, 4.69) is 21.2 Å². The molecule has 2 rings (SSSR count). The minimum absolute atomic E-state index is 0.0510. The number of nitrogens with zero attached hydrogens (tertiary/aromatic N) is 1. The second kappa shape index (κ2) is 9.94. The minimum atomic E-state index is -0.280. The van der Waals surface area contributed by atoms with Crippen molar-refractivity contribution >= 4 is 39.5 Å². The van der Waals surface area contributed by atoms with Gasteiger partial charge in [0.15, 0.2) is 11.5 Å². The topological polar surface area (TPSA) is 67.9 Å². The summed E-state index contributed by atoms with van der Waals surface area (Å²) in [4.78, 5) is 25.9. The van der Waals surface area contributed by atoms with E-state index in [0.29, 0.717) is 11.5 Å². The van der Waals surface area contributed by atoms with Crippen molar-refractivity contribution in [1.82, 2.24) is 4.90 Å². The van der Waals surface area contributed by atoms with Crippen LogP contribution in [0.1, 0.15) is 11.1 Å². The highest BCUT2D eigenvalue weighted by Crippen LogP contribution is 2.28. The maximum Gasteiger partial charge on any atom is 0.246 e. The van der Waals surface area contributed by atoms with Crippen LogP contribution in [-0.2, 0) is 9.59 Å². The van der Waals surface area contributed by atoms with E-state index in [1.807, 2.05) is 31.2 Å². The van der Waals surface area contributed by atoms with Crippen molar-refractivity contribution in [2.45, 2.75) is 6.92 Å². The Labute approximate surface area is 173 Å². The van der Waals surface area contributed by atoms with Gasteiger partial charge in [-0.1, -0.05) is 22.0 Å². The van der Waals surface area contributed by atoms with Gasteiger partial charge in [0.2, 0.25) is 11.8 Å². The summed E-state index contributed by atoms with van der Waals surface area (Å²) in [7, 11) is 4.69. The van der Waals surface area contributed by atoms with Crippen LogP contribution in [0.2, 0.25) is 0 Å². The molecule has 148 valence electrons. The zero-order chi connectivity index (χ0) is 20.7. The van der Waals surface area contributed by atoms with Crippen LogP contribution in [0.4, 0.5) is 5.69 Å². The largest absolute Gasteiger partial charge is 0.493 e. The van der Waals surface area contributed by atoms with Crippen LogP contribution in [0.5, 0.6) is 11.5 Å². The molecule has 0 saturated heterocycles. The molecule has 0 heterocycles. The summed E-state index contributed by atoms with van der Waals surface area (Å²) in [5.41, 5.74) is 2.44. The number of halogens is 1. The number of rotatable bonds is 7. The first kappa shape index (κ1) is 21.5. The second-order valence-corrected chi connectivity index (χ2v) is 7.07. The number of aryl methyl sites for hydroxylation is 1. The predicted octanol–water partition coefficient (Wildman–Crippen LogP) is 3.89. The predicted molar refractivity (Wildman–Crippen MR) is 114 cm³/mol. The van der Waals surface area contributed by atoms with Gasteiger partial charge < -0.3 is 19.7 Å². The smallest absolute Gasteiger partial charge is 0.246 e. The molecule has 0 spiro atoms. The van der Waals surface area contributed by atoms with E-state index in [1.165, 1.54) is 11.0 Å². The minimum Gasteiger partial charge on any atom is -0.493 e. The van der Waals surface area contributed by atoms with Crippen LogP contribution in [0.15, 0.2) is 46.9 Å². The molecule has 0 fully saturated rings. The Morgan fingerprint density at radius 1 is 1.11 bits per heavy atom. The van der Waals surface area contributed by atoms with Crippen molar-refractivity contribution in [3.8, 4) is 11.5 Å². The molecular weight excluding hydrogens is 424 g/mol. The Hall–Kier alpha value is -2.80. The molecular formula is C21H23BrN2O4. The molecule has 2 amide bonds. The zero-order valence-corrected chi connectivity index (χ0v) is 17.9. The van der Waals surface area contributed by atoms with Gasteiger partial charge in [0.25, 0.3) is 0 Å². The molecule has 2 aromatic carbocycles. The Bertz CT molecular complexity index is 896. The fourth-order valence-corrected chi connectivity index (χ4v) is 2.98. The number of likely N-dealkylation sites (N-methyl/N-ethyl adjacent to an activating group) is 1. The number of hydrogen-bond donors (Lipinski definition) is 1. The number of anilines is 1. The van der Waals surface area contributed by atoms with Crippen molar-refractivity contribution in [3.63, 3.8) is 0 Å². The van der Waals surface area contributed by atoms with E-state index >= 15 is 0 Å². The Morgan fingerprint density at radius 2 is 1.82 bits per heavy atom. The Morgan fingerprint density at radius 3 is 2.46 bits per heavy atom. The summed E-state index contributed by atoms with van der Waals surface area (Å²) in [6.45, 7) is 1.85. The standard InChI is InChI=1S/C21H23BrN2O4/c1-14-11-16(22)7-8-17(14)23-20(25)13-24(2)21(26)10-6-15-5-9-18(27-3)19(12-15)28-4/h5-12H,13H2,1-4H3,(H,23,25). The van der Waals surface area contributed by atoms with Crippen molar-refractivity contribution in [2.75, 3.05) is 33.1 Å². The lowest BCUT2D eigenvalue weighted by molar-refractivity contribution is -0.129. The summed E-state index contributed by atoms with van der Waals surface area (Å²) in [5, 5.41) is 2.82. The SMILES string of the molecule is COc1ccc(C=CC(=O)N(C)CC(=O)Nc2ccc(Br)cc2C)cc1OC. The summed E-state index contributed by atoms with van der Waals surface area (Å²) >= 11 is 3.39. The molecule has 28 heavy (non-hydrogen) atoms. The van der Waals surface area contributed by atoms with Gasteiger partial charge in [-0.05, 0) is 54.5 Å².